The van der Waals surface area contributed by atoms with Gasteiger partial charge in [0.25, 0.3) is 0 Å². The Bertz CT molecular complexity index is 42.5. The molecule has 0 fully saturated rings. The Hall–Kier alpha value is -0.0505. The van der Waals surface area contributed by atoms with Crippen molar-refractivity contribution in [2.45, 2.75) is 13.8 Å². The van der Waals surface area contributed by atoms with Crippen LogP contribution in [-0.4, -0.2) is 17.7 Å². The number of carboxylic acid groups (broad SMARTS) is 1. The van der Waals surface area contributed by atoms with Gasteiger partial charge in [-0.15, -0.1) is 0 Å². The minimum atomic E-state index is -1.08. The van der Waals surface area contributed by atoms with Crippen LogP contribution in [0, 0.1) is 0 Å². The summed E-state index contributed by atoms with van der Waals surface area (Å²) in [5.41, 5.74) is 0. The van der Waals surface area contributed by atoms with Gasteiger partial charge in [-0.05, 0) is 13.8 Å². The molecule has 0 rings (SSSR count). The molecule has 8 heavy (non-hydrogen) atoms. The molecule has 1 N–H and O–H groups in total. The van der Waals surface area contributed by atoms with Gasteiger partial charge in [0.1, 0.15) is 0 Å². The van der Waals surface area contributed by atoms with Crippen molar-refractivity contribution in [2.24, 2.45) is 0 Å². The van der Waals surface area contributed by atoms with Crippen LogP contribution in [0.25, 0.3) is 0 Å². The van der Waals surface area contributed by atoms with E-state index in [0.29, 0.717) is 0 Å². The van der Waals surface area contributed by atoms with Crippen molar-refractivity contribution < 1.29 is 32.1 Å². The van der Waals surface area contributed by atoms with Gasteiger partial charge in [0.05, 0.1) is 0 Å². The minimum Gasteiger partial charge on any atom is -0.550 e. The molecule has 4 heteroatoms. The van der Waals surface area contributed by atoms with Crippen molar-refractivity contribution in [1.82, 2.24) is 0 Å². The fourth-order valence-corrected chi connectivity index (χ4v) is 0. The van der Waals surface area contributed by atoms with Crippen LogP contribution in [0.4, 0.5) is 0 Å². The van der Waals surface area contributed by atoms with Crippen LogP contribution in [-0.2, 0) is 21.9 Å². The zero-order valence-electron chi connectivity index (χ0n) is 4.77. The van der Waals surface area contributed by atoms with Gasteiger partial charge in [0, 0.05) is 12.6 Å². The smallest absolute Gasteiger partial charge is 0.550 e. The maximum atomic E-state index is 8.89. The molecule has 0 heterocycles. The number of aliphatic carboxylic acids is 1. The Morgan fingerprint density at radius 3 is 1.75 bits per heavy atom. The monoisotopic (exact) mass is 168 g/mol. The van der Waals surface area contributed by atoms with Crippen molar-refractivity contribution in [1.29, 1.82) is 0 Å². The van der Waals surface area contributed by atoms with E-state index in [0.717, 1.165) is 6.92 Å². The summed E-state index contributed by atoms with van der Waals surface area (Å²) in [4.78, 5) is 8.89. The molecule has 0 aliphatic carbocycles. The number of carboxylic acids is 1. The second kappa shape index (κ2) is 15.8. The number of aliphatic hydroxyl groups excluding tert-OH is 1. The second-order valence-electron chi connectivity index (χ2n) is 0.808. The van der Waals surface area contributed by atoms with Gasteiger partial charge in [-0.2, -0.15) is 0 Å². The molecule has 0 aliphatic rings. The van der Waals surface area contributed by atoms with E-state index in [9.17, 15) is 0 Å². The van der Waals surface area contributed by atoms with Crippen LogP contribution < -0.4 is 5.11 Å². The third-order valence-electron chi connectivity index (χ3n) is 0. The van der Waals surface area contributed by atoms with Crippen LogP contribution in [0.2, 0.25) is 0 Å². The molecule has 0 unspecified atom stereocenters. The van der Waals surface area contributed by atoms with Gasteiger partial charge in [-0.3, -0.25) is 0 Å². The topological polar surface area (TPSA) is 60.4 Å². The van der Waals surface area contributed by atoms with Crippen molar-refractivity contribution in [3.8, 4) is 0 Å². The third kappa shape index (κ3) is 57100. The molecule has 0 spiro atoms. The predicted octanol–water partition coefficient (Wildman–Crippen LogP) is -1.25. The molecular weight excluding hydrogens is 160 g/mol. The average molecular weight is 169 g/mol. The maximum absolute atomic E-state index is 8.89. The van der Waals surface area contributed by atoms with E-state index < -0.39 is 5.97 Å². The fraction of sp³-hybridized carbons (Fsp3) is 0.750. The summed E-state index contributed by atoms with van der Waals surface area (Å²) >= 11 is 0. The molecule has 0 radical (unpaired) electrons. The molecule has 0 saturated heterocycles. The van der Waals surface area contributed by atoms with Crippen LogP contribution in [0.5, 0.6) is 0 Å². The largest absolute Gasteiger partial charge is 1.00 e. The van der Waals surface area contributed by atoms with E-state index in [2.05, 4.69) is 0 Å². The summed E-state index contributed by atoms with van der Waals surface area (Å²) in [5.74, 6) is -1.08. The summed E-state index contributed by atoms with van der Waals surface area (Å²) in [6.45, 7) is 2.90. The minimum absolute atomic E-state index is 0. The predicted molar refractivity (Wildman–Crippen MR) is 23.4 cm³/mol. The number of hydrogen-bond acceptors (Lipinski definition) is 3. The first-order valence-electron chi connectivity index (χ1n) is 1.93. The number of rotatable bonds is 0. The molecule has 0 amide bonds. The van der Waals surface area contributed by atoms with Gasteiger partial charge < -0.3 is 15.0 Å². The van der Waals surface area contributed by atoms with Crippen molar-refractivity contribution in [3.63, 3.8) is 0 Å². The first-order chi connectivity index (χ1) is 3.15. The molecule has 54 valence electrons. The molecule has 0 aliphatic heterocycles. The number of hydrogen-bond donors (Lipinski definition) is 1. The normalized spacial score (nSPS) is 5.38. The SMILES string of the molecule is CC(=O)[O-].CCO.[Cu+]. The summed E-state index contributed by atoms with van der Waals surface area (Å²) in [5, 5.41) is 16.5. The molecule has 3 nitrogen and oxygen atoms in total. The zero-order valence-corrected chi connectivity index (χ0v) is 5.71. The van der Waals surface area contributed by atoms with Crippen LogP contribution >= 0.6 is 0 Å². The van der Waals surface area contributed by atoms with Gasteiger partial charge >= 0.3 is 17.1 Å². The molecule has 0 aromatic carbocycles. The first kappa shape index (κ1) is 15.7. The maximum Gasteiger partial charge on any atom is 1.00 e. The summed E-state index contributed by atoms with van der Waals surface area (Å²) < 4.78 is 0. The summed E-state index contributed by atoms with van der Waals surface area (Å²) in [7, 11) is 0. The Morgan fingerprint density at radius 1 is 1.75 bits per heavy atom. The third-order valence-corrected chi connectivity index (χ3v) is 0. The van der Waals surface area contributed by atoms with E-state index in [-0.39, 0.29) is 23.7 Å². The zero-order chi connectivity index (χ0) is 6.28. The van der Waals surface area contributed by atoms with Crippen LogP contribution in [0.1, 0.15) is 13.8 Å². The quantitative estimate of drug-likeness (QED) is 0.460. The van der Waals surface area contributed by atoms with Gasteiger partial charge in [-0.1, -0.05) is 0 Å². The Morgan fingerprint density at radius 2 is 1.75 bits per heavy atom. The van der Waals surface area contributed by atoms with Gasteiger partial charge in [0.15, 0.2) is 0 Å². The standard InChI is InChI=1S/C2H4O2.C2H6O.Cu/c1-2(3)4;1-2-3;/h1H3,(H,3,4);3H,2H2,1H3;/q;;+1/p-1. The Kier molecular flexibility index (Phi) is 30.9. The average Bonchev–Trinajstić information content (AvgIpc) is 1.33. The van der Waals surface area contributed by atoms with Crippen molar-refractivity contribution >= 4 is 5.97 Å². The number of carbonyl (C=O) groups excluding carboxylic acids is 1. The Balaban J connectivity index is -0.0000000575. The van der Waals surface area contributed by atoms with E-state index in [1.165, 1.54) is 0 Å². The van der Waals surface area contributed by atoms with Crippen molar-refractivity contribution in [2.75, 3.05) is 6.61 Å². The van der Waals surface area contributed by atoms with Crippen molar-refractivity contribution in [3.05, 3.63) is 0 Å². The number of aliphatic hydroxyl groups is 1. The molecular formula is C4H9CuO3. The van der Waals surface area contributed by atoms with E-state index in [4.69, 9.17) is 15.0 Å². The van der Waals surface area contributed by atoms with Crippen LogP contribution in [0.3, 0.4) is 0 Å². The fourth-order valence-electron chi connectivity index (χ4n) is 0. The van der Waals surface area contributed by atoms with E-state index in [1.807, 2.05) is 0 Å². The van der Waals surface area contributed by atoms with E-state index >= 15 is 0 Å². The van der Waals surface area contributed by atoms with Crippen LogP contribution in [0.15, 0.2) is 0 Å². The molecule has 0 aromatic heterocycles. The molecule has 0 bridgehead atoms. The van der Waals surface area contributed by atoms with E-state index in [1.54, 1.807) is 6.92 Å². The molecule has 0 atom stereocenters. The number of carbonyl (C=O) groups is 1. The summed E-state index contributed by atoms with van der Waals surface area (Å²) in [6.07, 6.45) is 0. The van der Waals surface area contributed by atoms with Gasteiger partial charge in [0.2, 0.25) is 0 Å². The molecule has 0 aromatic rings. The summed E-state index contributed by atoms with van der Waals surface area (Å²) in [6, 6.07) is 0. The first-order valence-corrected chi connectivity index (χ1v) is 1.93. The second-order valence-corrected chi connectivity index (χ2v) is 0.808. The Labute approximate surface area is 59.2 Å². The van der Waals surface area contributed by atoms with Gasteiger partial charge in [-0.25, -0.2) is 0 Å². The molecule has 0 saturated carbocycles.